The van der Waals surface area contributed by atoms with Crippen molar-refractivity contribution in [3.63, 3.8) is 0 Å². The Hall–Kier alpha value is -2.25. The van der Waals surface area contributed by atoms with E-state index in [9.17, 15) is 13.2 Å². The van der Waals surface area contributed by atoms with Crippen LogP contribution in [0.5, 0.6) is 5.75 Å². The molecule has 0 radical (unpaired) electrons. The van der Waals surface area contributed by atoms with Crippen molar-refractivity contribution in [2.75, 3.05) is 32.2 Å². The summed E-state index contributed by atoms with van der Waals surface area (Å²) in [5.41, 5.74) is 7.23. The average Bonchev–Trinajstić information content (AvgIpc) is 2.60. The molecule has 0 aliphatic heterocycles. The van der Waals surface area contributed by atoms with E-state index >= 15 is 0 Å². The topological polar surface area (TPSA) is 89.7 Å². The summed E-state index contributed by atoms with van der Waals surface area (Å²) in [7, 11) is -1.50. The van der Waals surface area contributed by atoms with Crippen molar-refractivity contribution >= 4 is 33.8 Å². The number of nitrogens with two attached hydrogens (primary N) is 1. The zero-order valence-electron chi connectivity index (χ0n) is 15.4. The maximum absolute atomic E-state index is 12.2. The van der Waals surface area contributed by atoms with E-state index in [-0.39, 0.29) is 23.2 Å². The lowest BCUT2D eigenvalue weighted by atomic mass is 10.1. The molecule has 2 N–H and O–H groups in total. The Bertz CT molecular complexity index is 854. The molecule has 0 aromatic heterocycles. The van der Waals surface area contributed by atoms with Gasteiger partial charge in [-0.1, -0.05) is 18.2 Å². The largest absolute Gasteiger partial charge is 0.493 e. The second kappa shape index (κ2) is 10.2. The molecule has 2 aromatic carbocycles. The first kappa shape index (κ1) is 22.8. The average molecular weight is 413 g/mol. The molecular weight excluding hydrogens is 388 g/mol. The van der Waals surface area contributed by atoms with Crippen LogP contribution >= 0.6 is 12.4 Å². The Morgan fingerprint density at radius 3 is 2.44 bits per heavy atom. The van der Waals surface area contributed by atoms with Gasteiger partial charge < -0.3 is 15.4 Å². The van der Waals surface area contributed by atoms with Gasteiger partial charge >= 0.3 is 0 Å². The minimum absolute atomic E-state index is 0. The first-order valence-electron chi connectivity index (χ1n) is 8.27. The lowest BCUT2D eigenvalue weighted by Crippen LogP contribution is -2.30. The van der Waals surface area contributed by atoms with Crippen LogP contribution in [0.25, 0.3) is 0 Å². The molecule has 148 valence electrons. The monoisotopic (exact) mass is 412 g/mol. The highest BCUT2D eigenvalue weighted by atomic mass is 35.5. The zero-order chi connectivity index (χ0) is 19.2. The Labute approximate surface area is 166 Å². The number of halogens is 1. The fraction of sp³-hybridized carbons (Fsp3) is 0.316. The summed E-state index contributed by atoms with van der Waals surface area (Å²) in [6.45, 7) is 0.951. The summed E-state index contributed by atoms with van der Waals surface area (Å²) < 4.78 is 28.7. The Morgan fingerprint density at radius 2 is 1.81 bits per heavy atom. The number of carbonyl (C=O) groups is 1. The van der Waals surface area contributed by atoms with Crippen molar-refractivity contribution in [3.8, 4) is 5.75 Å². The van der Waals surface area contributed by atoms with Crippen LogP contribution in [0.3, 0.4) is 0 Å². The maximum atomic E-state index is 12.2. The number of benzene rings is 2. The number of rotatable bonds is 8. The number of nitrogens with zero attached hydrogens (tertiary/aromatic N) is 1. The van der Waals surface area contributed by atoms with Gasteiger partial charge in [0.15, 0.2) is 9.84 Å². The SMILES string of the molecule is CN(CCCOc1cccc(S(C)(=O)=O)c1)C(=O)Cc1ccc(N)cc1.Cl. The van der Waals surface area contributed by atoms with Crippen LogP contribution in [-0.2, 0) is 21.1 Å². The highest BCUT2D eigenvalue weighted by Gasteiger charge is 2.10. The minimum Gasteiger partial charge on any atom is -0.493 e. The van der Waals surface area contributed by atoms with Gasteiger partial charge in [-0.25, -0.2) is 8.42 Å². The first-order valence-corrected chi connectivity index (χ1v) is 10.2. The fourth-order valence-electron chi connectivity index (χ4n) is 2.36. The number of hydrogen-bond acceptors (Lipinski definition) is 5. The molecule has 2 aromatic rings. The van der Waals surface area contributed by atoms with E-state index in [1.807, 2.05) is 12.1 Å². The smallest absolute Gasteiger partial charge is 0.226 e. The van der Waals surface area contributed by atoms with Crippen molar-refractivity contribution in [1.82, 2.24) is 4.90 Å². The summed E-state index contributed by atoms with van der Waals surface area (Å²) in [4.78, 5) is 14.1. The predicted octanol–water partition coefficient (Wildman–Crippen LogP) is 2.56. The van der Waals surface area contributed by atoms with Crippen LogP contribution < -0.4 is 10.5 Å². The molecule has 0 saturated carbocycles. The summed E-state index contributed by atoms with van der Waals surface area (Å²) >= 11 is 0. The second-order valence-electron chi connectivity index (χ2n) is 6.18. The van der Waals surface area contributed by atoms with Crippen LogP contribution in [0.15, 0.2) is 53.4 Å². The summed E-state index contributed by atoms with van der Waals surface area (Å²) in [6.07, 6.45) is 2.13. The Balaban J connectivity index is 0.00000364. The number of hydrogen-bond donors (Lipinski definition) is 1. The lowest BCUT2D eigenvalue weighted by Gasteiger charge is -2.17. The molecule has 0 heterocycles. The molecule has 6 nitrogen and oxygen atoms in total. The molecule has 0 fully saturated rings. The molecule has 8 heteroatoms. The Kier molecular flexibility index (Phi) is 8.59. The summed E-state index contributed by atoms with van der Waals surface area (Å²) in [5.74, 6) is 0.526. The van der Waals surface area contributed by atoms with E-state index in [0.29, 0.717) is 37.4 Å². The lowest BCUT2D eigenvalue weighted by molar-refractivity contribution is -0.129. The molecule has 0 aliphatic rings. The van der Waals surface area contributed by atoms with Gasteiger partial charge in [0.25, 0.3) is 0 Å². The molecule has 0 atom stereocenters. The van der Waals surface area contributed by atoms with Crippen molar-refractivity contribution in [1.29, 1.82) is 0 Å². The van der Waals surface area contributed by atoms with E-state index in [2.05, 4.69) is 0 Å². The van der Waals surface area contributed by atoms with E-state index in [4.69, 9.17) is 10.5 Å². The molecule has 1 amide bonds. The number of likely N-dealkylation sites (N-methyl/N-ethyl adjacent to an activating group) is 1. The molecule has 0 bridgehead atoms. The highest BCUT2D eigenvalue weighted by Crippen LogP contribution is 2.17. The van der Waals surface area contributed by atoms with Crippen LogP contribution in [0.1, 0.15) is 12.0 Å². The van der Waals surface area contributed by atoms with Gasteiger partial charge in [0.1, 0.15) is 5.75 Å². The van der Waals surface area contributed by atoms with Crippen molar-refractivity contribution in [2.45, 2.75) is 17.7 Å². The van der Waals surface area contributed by atoms with Gasteiger partial charge in [-0.15, -0.1) is 12.4 Å². The predicted molar refractivity (Wildman–Crippen MR) is 109 cm³/mol. The van der Waals surface area contributed by atoms with Gasteiger partial charge in [-0.3, -0.25) is 4.79 Å². The molecular formula is C19H25ClN2O4S. The number of ether oxygens (including phenoxy) is 1. The van der Waals surface area contributed by atoms with Crippen molar-refractivity contribution < 1.29 is 17.9 Å². The van der Waals surface area contributed by atoms with E-state index in [1.54, 1.807) is 36.2 Å². The van der Waals surface area contributed by atoms with Crippen molar-refractivity contribution in [2.24, 2.45) is 0 Å². The number of anilines is 1. The first-order chi connectivity index (χ1) is 12.3. The van der Waals surface area contributed by atoms with E-state index in [0.717, 1.165) is 11.8 Å². The normalized spacial score (nSPS) is 10.7. The van der Waals surface area contributed by atoms with Gasteiger partial charge in [0, 0.05) is 25.5 Å². The van der Waals surface area contributed by atoms with Crippen LogP contribution in [0, 0.1) is 0 Å². The third kappa shape index (κ3) is 7.48. The number of amides is 1. The standard InChI is InChI=1S/C19H24N2O4S.ClH/c1-21(19(22)13-15-7-9-16(20)10-8-15)11-4-12-25-17-5-3-6-18(14-17)26(2,23)24;/h3,5-10,14H,4,11-13,20H2,1-2H3;1H. The molecule has 27 heavy (non-hydrogen) atoms. The third-order valence-corrected chi connectivity index (χ3v) is 5.01. The highest BCUT2D eigenvalue weighted by molar-refractivity contribution is 7.90. The zero-order valence-corrected chi connectivity index (χ0v) is 17.1. The Morgan fingerprint density at radius 1 is 1.15 bits per heavy atom. The third-order valence-electron chi connectivity index (χ3n) is 3.90. The molecule has 0 aliphatic carbocycles. The van der Waals surface area contributed by atoms with Crippen LogP contribution in [0.4, 0.5) is 5.69 Å². The fourth-order valence-corrected chi connectivity index (χ4v) is 3.01. The van der Waals surface area contributed by atoms with Crippen LogP contribution in [-0.4, -0.2) is 45.7 Å². The van der Waals surface area contributed by atoms with Crippen molar-refractivity contribution in [3.05, 3.63) is 54.1 Å². The van der Waals surface area contributed by atoms with Gasteiger partial charge in [-0.05, 0) is 42.3 Å². The molecule has 0 spiro atoms. The van der Waals surface area contributed by atoms with Gasteiger partial charge in [0.2, 0.25) is 5.91 Å². The molecule has 0 unspecified atom stereocenters. The second-order valence-corrected chi connectivity index (χ2v) is 8.20. The molecule has 2 rings (SSSR count). The summed E-state index contributed by atoms with van der Waals surface area (Å²) in [5, 5.41) is 0. The van der Waals surface area contributed by atoms with Crippen LogP contribution in [0.2, 0.25) is 0 Å². The van der Waals surface area contributed by atoms with Gasteiger partial charge in [0.05, 0.1) is 17.9 Å². The molecule has 0 saturated heterocycles. The number of sulfone groups is 1. The van der Waals surface area contributed by atoms with Gasteiger partial charge in [-0.2, -0.15) is 0 Å². The van der Waals surface area contributed by atoms with E-state index in [1.165, 1.54) is 12.1 Å². The quantitative estimate of drug-likeness (QED) is 0.531. The summed E-state index contributed by atoms with van der Waals surface area (Å²) in [6, 6.07) is 13.6. The number of nitrogen functional groups attached to an aromatic ring is 1. The maximum Gasteiger partial charge on any atom is 0.226 e. The minimum atomic E-state index is -3.25. The van der Waals surface area contributed by atoms with E-state index < -0.39 is 9.84 Å². The number of carbonyl (C=O) groups excluding carboxylic acids is 1.